The van der Waals surface area contributed by atoms with Gasteiger partial charge in [0.25, 0.3) is 0 Å². The van der Waals surface area contributed by atoms with Gasteiger partial charge in [0.05, 0.1) is 0 Å². The van der Waals surface area contributed by atoms with Gasteiger partial charge < -0.3 is 9.47 Å². The lowest BCUT2D eigenvalue weighted by molar-refractivity contribution is 0.290. The molecule has 0 bridgehead atoms. The summed E-state index contributed by atoms with van der Waals surface area (Å²) in [6, 6.07) is 0. The quantitative estimate of drug-likeness (QED) is 0.300. The monoisotopic (exact) mass is 442 g/mol. The van der Waals surface area contributed by atoms with Crippen molar-refractivity contribution in [3.05, 3.63) is 58.2 Å². The third-order valence-electron chi connectivity index (χ3n) is 3.16. The van der Waals surface area contributed by atoms with Crippen LogP contribution in [-0.2, 0) is 0 Å². The first-order chi connectivity index (χ1) is 14.1. The van der Waals surface area contributed by atoms with E-state index < -0.39 is 82.9 Å². The Balaban J connectivity index is 1.99. The normalized spacial score (nSPS) is 10.1. The average Bonchev–Trinajstić information content (AvgIpc) is 2.73. The summed E-state index contributed by atoms with van der Waals surface area (Å²) in [4.78, 5) is 0. The number of hydrogen-bond acceptors (Lipinski definition) is 2. The Morgan fingerprint density at radius 2 is 0.633 bits per heavy atom. The SMILES string of the molecule is Fc1c(F)c(F)c(OCC#CC#CCOc2c(F)c(F)c(F)c(F)c2F)c(F)c1F. The van der Waals surface area contributed by atoms with Gasteiger partial charge in [0.2, 0.25) is 58.2 Å². The summed E-state index contributed by atoms with van der Waals surface area (Å²) < 4.78 is 139. The Kier molecular flexibility index (Phi) is 7.06. The summed E-state index contributed by atoms with van der Waals surface area (Å²) in [6.07, 6.45) is 0. The highest BCUT2D eigenvalue weighted by Crippen LogP contribution is 2.29. The van der Waals surface area contributed by atoms with Crippen molar-refractivity contribution in [1.82, 2.24) is 0 Å². The van der Waals surface area contributed by atoms with E-state index in [4.69, 9.17) is 0 Å². The minimum absolute atomic E-state index is 0.870. The first-order valence-corrected chi connectivity index (χ1v) is 7.33. The molecule has 2 aromatic carbocycles. The molecule has 0 amide bonds. The van der Waals surface area contributed by atoms with E-state index in [0.717, 1.165) is 0 Å². The van der Waals surface area contributed by atoms with Crippen LogP contribution in [0.5, 0.6) is 11.5 Å². The molecule has 0 aliphatic carbocycles. The molecule has 12 heteroatoms. The van der Waals surface area contributed by atoms with E-state index in [-0.39, 0.29) is 0 Å². The lowest BCUT2D eigenvalue weighted by atomic mass is 10.2. The van der Waals surface area contributed by atoms with Crippen LogP contribution in [0, 0.1) is 81.9 Å². The molecule has 0 aliphatic rings. The van der Waals surface area contributed by atoms with E-state index in [1.165, 1.54) is 0 Å². The highest BCUT2D eigenvalue weighted by atomic mass is 19.2. The van der Waals surface area contributed by atoms with Gasteiger partial charge in [0.1, 0.15) is 13.2 Å². The predicted molar refractivity (Wildman–Crippen MR) is 79.0 cm³/mol. The Morgan fingerprint density at radius 3 is 0.900 bits per heavy atom. The number of halogens is 10. The Hall–Kier alpha value is -3.54. The van der Waals surface area contributed by atoms with Crippen LogP contribution in [0.1, 0.15) is 0 Å². The summed E-state index contributed by atoms with van der Waals surface area (Å²) in [6.45, 7) is -1.74. The standard InChI is InChI=1S/C18H4F10O2/c19-7-9(21)13(25)17(14(26)10(7)22)29-5-3-1-2-4-6-30-18-15(27)11(23)8(20)12(24)16(18)28/h5-6H2. The molecule has 0 radical (unpaired) electrons. The summed E-state index contributed by atoms with van der Waals surface area (Å²) >= 11 is 0. The van der Waals surface area contributed by atoms with Crippen LogP contribution in [-0.4, -0.2) is 13.2 Å². The first kappa shape index (κ1) is 22.7. The maximum Gasteiger partial charge on any atom is 0.207 e. The number of benzene rings is 2. The molecule has 2 nitrogen and oxygen atoms in total. The second-order valence-corrected chi connectivity index (χ2v) is 4.98. The van der Waals surface area contributed by atoms with E-state index in [1.807, 2.05) is 23.7 Å². The van der Waals surface area contributed by atoms with Crippen LogP contribution in [0.2, 0.25) is 0 Å². The van der Waals surface area contributed by atoms with E-state index in [9.17, 15) is 43.9 Å². The zero-order valence-electron chi connectivity index (χ0n) is 14.0. The Labute approximate surface area is 161 Å². The topological polar surface area (TPSA) is 18.5 Å². The molecular formula is C18H4F10O2. The van der Waals surface area contributed by atoms with Crippen molar-refractivity contribution in [3.8, 4) is 35.2 Å². The molecule has 0 unspecified atom stereocenters. The minimum atomic E-state index is -2.37. The highest BCUT2D eigenvalue weighted by molar-refractivity contribution is 5.32. The minimum Gasteiger partial charge on any atom is -0.475 e. The van der Waals surface area contributed by atoms with Crippen LogP contribution in [0.4, 0.5) is 43.9 Å². The molecule has 158 valence electrons. The van der Waals surface area contributed by atoms with Crippen molar-refractivity contribution in [2.45, 2.75) is 0 Å². The average molecular weight is 442 g/mol. The molecule has 2 rings (SSSR count). The molecule has 0 fully saturated rings. The van der Waals surface area contributed by atoms with E-state index in [1.54, 1.807) is 0 Å². The van der Waals surface area contributed by atoms with Gasteiger partial charge in [-0.05, 0) is 23.7 Å². The van der Waals surface area contributed by atoms with Crippen molar-refractivity contribution in [3.63, 3.8) is 0 Å². The molecule has 0 aromatic heterocycles. The van der Waals surface area contributed by atoms with Gasteiger partial charge in [-0.3, -0.25) is 0 Å². The summed E-state index contributed by atoms with van der Waals surface area (Å²) in [5, 5.41) is 0. The predicted octanol–water partition coefficient (Wildman–Crippen LogP) is 4.54. The third kappa shape index (κ3) is 4.38. The van der Waals surface area contributed by atoms with Gasteiger partial charge in [0.15, 0.2) is 11.5 Å². The third-order valence-corrected chi connectivity index (χ3v) is 3.16. The molecule has 0 atom stereocenters. The van der Waals surface area contributed by atoms with Crippen molar-refractivity contribution in [1.29, 1.82) is 0 Å². The molecule has 2 aromatic rings. The number of rotatable bonds is 4. The zero-order valence-corrected chi connectivity index (χ0v) is 14.0. The van der Waals surface area contributed by atoms with E-state index >= 15 is 0 Å². The second kappa shape index (κ2) is 9.31. The molecule has 30 heavy (non-hydrogen) atoms. The van der Waals surface area contributed by atoms with Crippen LogP contribution in [0.25, 0.3) is 0 Å². The van der Waals surface area contributed by atoms with Crippen LogP contribution < -0.4 is 9.47 Å². The molecule has 0 N–H and O–H groups in total. The Morgan fingerprint density at radius 1 is 0.400 bits per heavy atom. The lowest BCUT2D eigenvalue weighted by Gasteiger charge is -2.07. The maximum atomic E-state index is 13.3. The number of ether oxygens (including phenoxy) is 2. The molecule has 0 heterocycles. The molecular weight excluding hydrogens is 438 g/mol. The van der Waals surface area contributed by atoms with Crippen molar-refractivity contribution < 1.29 is 53.4 Å². The summed E-state index contributed by atoms with van der Waals surface area (Å²) in [7, 11) is 0. The smallest absolute Gasteiger partial charge is 0.207 e. The highest BCUT2D eigenvalue weighted by Gasteiger charge is 2.27. The Bertz CT molecular complexity index is 975. The van der Waals surface area contributed by atoms with Crippen LogP contribution >= 0.6 is 0 Å². The molecule has 0 aliphatic heterocycles. The first-order valence-electron chi connectivity index (χ1n) is 7.33. The fourth-order valence-electron chi connectivity index (χ4n) is 1.80. The largest absolute Gasteiger partial charge is 0.475 e. The van der Waals surface area contributed by atoms with Gasteiger partial charge in [0, 0.05) is 0 Å². The van der Waals surface area contributed by atoms with Crippen molar-refractivity contribution >= 4 is 0 Å². The fourth-order valence-corrected chi connectivity index (χ4v) is 1.80. The fraction of sp³-hybridized carbons (Fsp3) is 0.111. The van der Waals surface area contributed by atoms with Crippen molar-refractivity contribution in [2.24, 2.45) is 0 Å². The maximum absolute atomic E-state index is 13.3. The summed E-state index contributed by atoms with van der Waals surface area (Å²) in [5.74, 6) is -17.7. The second-order valence-electron chi connectivity index (χ2n) is 4.98. The van der Waals surface area contributed by atoms with Crippen LogP contribution in [0.15, 0.2) is 0 Å². The molecule has 0 saturated heterocycles. The van der Waals surface area contributed by atoms with Gasteiger partial charge in [-0.25, -0.2) is 26.3 Å². The van der Waals surface area contributed by atoms with E-state index in [0.29, 0.717) is 0 Å². The van der Waals surface area contributed by atoms with E-state index in [2.05, 4.69) is 9.47 Å². The van der Waals surface area contributed by atoms with Gasteiger partial charge >= 0.3 is 0 Å². The molecule has 0 spiro atoms. The zero-order chi connectivity index (χ0) is 22.6. The molecule has 0 saturated carbocycles. The van der Waals surface area contributed by atoms with Crippen LogP contribution in [0.3, 0.4) is 0 Å². The lowest BCUT2D eigenvalue weighted by Crippen LogP contribution is -2.07. The van der Waals surface area contributed by atoms with Gasteiger partial charge in [-0.2, -0.15) is 17.6 Å². The van der Waals surface area contributed by atoms with Gasteiger partial charge in [-0.1, -0.05) is 0 Å². The van der Waals surface area contributed by atoms with Crippen molar-refractivity contribution in [2.75, 3.05) is 13.2 Å². The summed E-state index contributed by atoms with van der Waals surface area (Å²) in [5.41, 5.74) is 0. The number of hydrogen-bond donors (Lipinski definition) is 0. The van der Waals surface area contributed by atoms with Gasteiger partial charge in [-0.15, -0.1) is 0 Å².